The second-order valence-electron chi connectivity index (χ2n) is 5.17. The number of hydrogen-bond acceptors (Lipinski definition) is 2. The van der Waals surface area contributed by atoms with Gasteiger partial charge in [0.15, 0.2) is 0 Å². The molecule has 3 nitrogen and oxygen atoms in total. The van der Waals surface area contributed by atoms with Gasteiger partial charge in [0.1, 0.15) is 11.9 Å². The minimum Gasteiger partial charge on any atom is -0.480 e. The number of nitrogens with zero attached hydrogens (tertiary/aromatic N) is 1. The van der Waals surface area contributed by atoms with Gasteiger partial charge in [0.25, 0.3) is 0 Å². The van der Waals surface area contributed by atoms with E-state index in [-0.39, 0.29) is 11.9 Å². The predicted molar refractivity (Wildman–Crippen MR) is 71.4 cm³/mol. The van der Waals surface area contributed by atoms with E-state index in [1.165, 1.54) is 12.1 Å². The zero-order chi connectivity index (χ0) is 13.8. The topological polar surface area (TPSA) is 40.5 Å². The largest absolute Gasteiger partial charge is 0.480 e. The Hall–Kier alpha value is -1.42. The van der Waals surface area contributed by atoms with Gasteiger partial charge in [-0.05, 0) is 44.0 Å². The molecular formula is C15H20FNO2. The van der Waals surface area contributed by atoms with Gasteiger partial charge in [-0.2, -0.15) is 0 Å². The maximum absolute atomic E-state index is 13.3. The number of benzene rings is 1. The first kappa shape index (κ1) is 14.0. The zero-order valence-corrected chi connectivity index (χ0v) is 11.2. The molecule has 0 aliphatic carbocycles. The normalized spacial score (nSPS) is 22.7. The number of rotatable bonds is 3. The summed E-state index contributed by atoms with van der Waals surface area (Å²) < 4.78 is 13.3. The number of carboxylic acid groups (broad SMARTS) is 1. The van der Waals surface area contributed by atoms with Gasteiger partial charge >= 0.3 is 5.97 Å². The summed E-state index contributed by atoms with van der Waals surface area (Å²) in [6, 6.07) is 5.91. The Morgan fingerprint density at radius 2 is 2.21 bits per heavy atom. The molecule has 1 aliphatic heterocycles. The molecule has 1 heterocycles. The molecule has 1 fully saturated rings. The van der Waals surface area contributed by atoms with Gasteiger partial charge in [0.05, 0.1) is 0 Å². The summed E-state index contributed by atoms with van der Waals surface area (Å²) in [4.78, 5) is 13.4. The number of aliphatic carboxylic acids is 1. The van der Waals surface area contributed by atoms with Gasteiger partial charge in [-0.15, -0.1) is 0 Å². The molecule has 0 aromatic heterocycles. The summed E-state index contributed by atoms with van der Waals surface area (Å²) in [6.45, 7) is 2.71. The van der Waals surface area contributed by atoms with E-state index in [0.717, 1.165) is 31.4 Å². The van der Waals surface area contributed by atoms with E-state index in [0.29, 0.717) is 6.42 Å². The summed E-state index contributed by atoms with van der Waals surface area (Å²) in [6.07, 6.45) is 3.69. The van der Waals surface area contributed by atoms with Gasteiger partial charge in [-0.25, -0.2) is 4.39 Å². The average Bonchev–Trinajstić information content (AvgIpc) is 2.63. The molecule has 0 spiro atoms. The number of likely N-dealkylation sites (tertiary alicyclic amines) is 1. The molecule has 2 rings (SSSR count). The van der Waals surface area contributed by atoms with Gasteiger partial charge in [-0.1, -0.05) is 25.0 Å². The van der Waals surface area contributed by atoms with Crippen molar-refractivity contribution in [3.63, 3.8) is 0 Å². The monoisotopic (exact) mass is 265 g/mol. The Morgan fingerprint density at radius 3 is 2.89 bits per heavy atom. The van der Waals surface area contributed by atoms with Crippen molar-refractivity contribution >= 4 is 5.97 Å². The average molecular weight is 265 g/mol. The first-order chi connectivity index (χ1) is 9.09. The van der Waals surface area contributed by atoms with Crippen LogP contribution in [0.15, 0.2) is 24.3 Å². The van der Waals surface area contributed by atoms with E-state index >= 15 is 0 Å². The van der Waals surface area contributed by atoms with Crippen LogP contribution in [-0.2, 0) is 4.79 Å². The molecule has 104 valence electrons. The van der Waals surface area contributed by atoms with Crippen molar-refractivity contribution in [3.8, 4) is 0 Å². The van der Waals surface area contributed by atoms with E-state index in [2.05, 4.69) is 0 Å². The van der Waals surface area contributed by atoms with Crippen molar-refractivity contribution in [1.82, 2.24) is 4.90 Å². The molecule has 1 aromatic carbocycles. The number of carboxylic acids is 1. The minimum absolute atomic E-state index is 0.0742. The molecule has 2 unspecified atom stereocenters. The molecule has 1 aliphatic rings. The Bertz CT molecular complexity index is 450. The fraction of sp³-hybridized carbons (Fsp3) is 0.533. The van der Waals surface area contributed by atoms with Crippen LogP contribution >= 0.6 is 0 Å². The number of halogens is 1. The molecule has 19 heavy (non-hydrogen) atoms. The van der Waals surface area contributed by atoms with Crippen molar-refractivity contribution < 1.29 is 14.3 Å². The molecule has 2 atom stereocenters. The predicted octanol–water partition coefficient (Wildman–Crippen LogP) is 3.22. The van der Waals surface area contributed by atoms with Crippen LogP contribution in [0.1, 0.15) is 44.2 Å². The third kappa shape index (κ3) is 3.32. The highest BCUT2D eigenvalue weighted by Crippen LogP contribution is 2.28. The SMILES string of the molecule is CC(c1cccc(F)c1)N1CCCCCC1C(=O)O. The third-order valence-electron chi connectivity index (χ3n) is 3.91. The van der Waals surface area contributed by atoms with E-state index in [1.807, 2.05) is 17.9 Å². The van der Waals surface area contributed by atoms with Gasteiger partial charge in [-0.3, -0.25) is 9.69 Å². The fourth-order valence-corrected chi connectivity index (χ4v) is 2.82. The molecule has 0 bridgehead atoms. The maximum atomic E-state index is 13.3. The van der Waals surface area contributed by atoms with Gasteiger partial charge < -0.3 is 5.11 Å². The van der Waals surface area contributed by atoms with Crippen molar-refractivity contribution in [3.05, 3.63) is 35.6 Å². The summed E-state index contributed by atoms with van der Waals surface area (Å²) in [5.74, 6) is -1.05. The highest BCUT2D eigenvalue weighted by molar-refractivity contribution is 5.73. The van der Waals surface area contributed by atoms with Crippen molar-refractivity contribution in [2.45, 2.75) is 44.7 Å². The van der Waals surface area contributed by atoms with Crippen molar-refractivity contribution in [2.75, 3.05) is 6.54 Å². The molecule has 4 heteroatoms. The van der Waals surface area contributed by atoms with Gasteiger partial charge in [0, 0.05) is 6.04 Å². The van der Waals surface area contributed by atoms with Crippen LogP contribution in [0.2, 0.25) is 0 Å². The lowest BCUT2D eigenvalue weighted by molar-refractivity contribution is -0.144. The summed E-state index contributed by atoms with van der Waals surface area (Å²) in [5.41, 5.74) is 0.841. The second-order valence-corrected chi connectivity index (χ2v) is 5.17. The second kappa shape index (κ2) is 6.15. The lowest BCUT2D eigenvalue weighted by atomic mass is 10.0. The van der Waals surface area contributed by atoms with E-state index in [4.69, 9.17) is 0 Å². The summed E-state index contributed by atoms with van der Waals surface area (Å²) in [5, 5.41) is 9.37. The summed E-state index contributed by atoms with van der Waals surface area (Å²) >= 11 is 0. The van der Waals surface area contributed by atoms with Gasteiger partial charge in [0.2, 0.25) is 0 Å². The number of hydrogen-bond donors (Lipinski definition) is 1. The molecule has 0 radical (unpaired) electrons. The Labute approximate surface area is 113 Å². The highest BCUT2D eigenvalue weighted by Gasteiger charge is 2.31. The quantitative estimate of drug-likeness (QED) is 0.912. The molecule has 1 aromatic rings. The van der Waals surface area contributed by atoms with Crippen molar-refractivity contribution in [1.29, 1.82) is 0 Å². The lowest BCUT2D eigenvalue weighted by Crippen LogP contribution is -2.42. The van der Waals surface area contributed by atoms with Crippen LogP contribution in [0, 0.1) is 5.82 Å². The van der Waals surface area contributed by atoms with Crippen LogP contribution in [-0.4, -0.2) is 28.6 Å². The Morgan fingerprint density at radius 1 is 1.42 bits per heavy atom. The van der Waals surface area contributed by atoms with Crippen LogP contribution in [0.25, 0.3) is 0 Å². The standard InChI is InChI=1S/C15H20FNO2/c1-11(12-6-5-7-13(16)10-12)17-9-4-2-3-8-14(17)15(18)19/h5-7,10-11,14H,2-4,8-9H2,1H3,(H,18,19). The van der Waals surface area contributed by atoms with Crippen LogP contribution in [0.5, 0.6) is 0 Å². The maximum Gasteiger partial charge on any atom is 0.320 e. The third-order valence-corrected chi connectivity index (χ3v) is 3.91. The van der Waals surface area contributed by atoms with Crippen LogP contribution in [0.3, 0.4) is 0 Å². The summed E-state index contributed by atoms with van der Waals surface area (Å²) in [7, 11) is 0. The van der Waals surface area contributed by atoms with E-state index in [9.17, 15) is 14.3 Å². The lowest BCUT2D eigenvalue weighted by Gasteiger charge is -2.33. The molecular weight excluding hydrogens is 245 g/mol. The smallest absolute Gasteiger partial charge is 0.320 e. The van der Waals surface area contributed by atoms with E-state index < -0.39 is 12.0 Å². The van der Waals surface area contributed by atoms with Crippen molar-refractivity contribution in [2.24, 2.45) is 0 Å². The Balaban J connectivity index is 2.23. The zero-order valence-electron chi connectivity index (χ0n) is 11.2. The molecule has 1 saturated heterocycles. The fourth-order valence-electron chi connectivity index (χ4n) is 2.82. The molecule has 0 saturated carbocycles. The van der Waals surface area contributed by atoms with E-state index in [1.54, 1.807) is 6.07 Å². The van der Waals surface area contributed by atoms with Crippen LogP contribution in [0.4, 0.5) is 4.39 Å². The molecule has 0 amide bonds. The molecule has 1 N–H and O–H groups in total. The first-order valence-electron chi connectivity index (χ1n) is 6.83. The Kier molecular flexibility index (Phi) is 4.53. The first-order valence-corrected chi connectivity index (χ1v) is 6.83. The minimum atomic E-state index is -0.773. The van der Waals surface area contributed by atoms with Crippen LogP contribution < -0.4 is 0 Å². The number of carbonyl (C=O) groups is 1. The highest BCUT2D eigenvalue weighted by atomic mass is 19.1.